The van der Waals surface area contributed by atoms with Gasteiger partial charge in [0.2, 0.25) is 0 Å². The number of hydrogen-bond acceptors (Lipinski definition) is 5. The fourth-order valence-corrected chi connectivity index (χ4v) is 4.28. The molecule has 1 aromatic heterocycles. The van der Waals surface area contributed by atoms with E-state index < -0.39 is 17.8 Å². The molecule has 36 heavy (non-hydrogen) atoms. The van der Waals surface area contributed by atoms with Gasteiger partial charge in [-0.3, -0.25) is 10.1 Å². The van der Waals surface area contributed by atoms with Gasteiger partial charge in [-0.15, -0.1) is 0 Å². The Balaban J connectivity index is 1.55. The molecule has 0 unspecified atom stereocenters. The number of H-pyrrole nitrogens is 1. The smallest absolute Gasteiger partial charge is 0.417 e. The fourth-order valence-electron chi connectivity index (χ4n) is 4.28. The summed E-state index contributed by atoms with van der Waals surface area (Å²) in [5.41, 5.74) is 1.63. The minimum absolute atomic E-state index is 0.00103. The zero-order valence-electron chi connectivity index (χ0n) is 18.9. The Bertz CT molecular complexity index is 1590. The number of benzene rings is 3. The molecule has 1 aliphatic heterocycles. The second-order valence-corrected chi connectivity index (χ2v) is 8.29. The first-order chi connectivity index (χ1) is 17.2. The van der Waals surface area contributed by atoms with E-state index in [1.807, 2.05) is 0 Å². The number of aromatic amines is 1. The van der Waals surface area contributed by atoms with Crippen molar-refractivity contribution in [1.29, 1.82) is 0 Å². The van der Waals surface area contributed by atoms with E-state index in [-0.39, 0.29) is 17.5 Å². The minimum atomic E-state index is -4.57. The molecule has 0 atom stereocenters. The average Bonchev–Trinajstić information content (AvgIpc) is 3.26. The Kier molecular flexibility index (Phi) is 5.79. The molecular weight excluding hydrogens is 473 g/mol. The number of halogens is 3. The van der Waals surface area contributed by atoms with Gasteiger partial charge in [0.1, 0.15) is 5.84 Å². The molecule has 0 saturated heterocycles. The van der Waals surface area contributed by atoms with Crippen molar-refractivity contribution in [3.8, 4) is 11.1 Å². The first kappa shape index (κ1) is 23.3. The lowest BCUT2D eigenvalue weighted by Gasteiger charge is -2.15. The Morgan fingerprint density at radius 3 is 2.61 bits per heavy atom. The first-order valence-corrected chi connectivity index (χ1v) is 10.9. The summed E-state index contributed by atoms with van der Waals surface area (Å²) in [5.74, 6) is 0.356. The summed E-state index contributed by atoms with van der Waals surface area (Å²) < 4.78 is 46.3. The molecule has 7 nitrogen and oxygen atoms in total. The van der Waals surface area contributed by atoms with Crippen LogP contribution in [0, 0.1) is 0 Å². The van der Waals surface area contributed by atoms with Crippen LogP contribution in [-0.2, 0) is 23.8 Å². The number of nitrogens with zero attached hydrogens (tertiary/aromatic N) is 2. The molecule has 1 amide bonds. The lowest BCUT2D eigenvalue weighted by atomic mass is 9.93. The number of rotatable bonds is 3. The largest absolute Gasteiger partial charge is 0.453 e. The molecular formula is C26H19F3N4O3. The Hall–Kier alpha value is -4.47. The third-order valence-corrected chi connectivity index (χ3v) is 5.98. The summed E-state index contributed by atoms with van der Waals surface area (Å²) >= 11 is 0. The highest BCUT2D eigenvalue weighted by Gasteiger charge is 2.34. The van der Waals surface area contributed by atoms with E-state index in [4.69, 9.17) is 0 Å². The molecule has 2 heterocycles. The van der Waals surface area contributed by atoms with Gasteiger partial charge in [0.05, 0.1) is 29.4 Å². The molecule has 182 valence electrons. The molecule has 10 heteroatoms. The van der Waals surface area contributed by atoms with Crippen LogP contribution in [0.5, 0.6) is 0 Å². The highest BCUT2D eigenvalue weighted by Crippen LogP contribution is 2.40. The van der Waals surface area contributed by atoms with Gasteiger partial charge in [-0.05, 0) is 40.5 Å². The van der Waals surface area contributed by atoms with E-state index in [0.717, 1.165) is 11.6 Å². The number of nitrogens with one attached hydrogen (secondary N) is 2. The van der Waals surface area contributed by atoms with Gasteiger partial charge >= 0.3 is 12.3 Å². The molecule has 0 bridgehead atoms. The molecule has 0 saturated carbocycles. The van der Waals surface area contributed by atoms with Gasteiger partial charge in [-0.2, -0.15) is 18.3 Å². The summed E-state index contributed by atoms with van der Waals surface area (Å²) in [7, 11) is 1.23. The number of aliphatic imine (C=N–C) groups is 1. The molecule has 1 aliphatic rings. The minimum Gasteiger partial charge on any atom is -0.453 e. The standard InChI is InChI=1S/C26H19F3N4O3/c1-36-25(35)31-23-13-16-8-7-15(12-21(16)30-23)19-10-14(6-9-20(19)26(27,28)29)11-22-17-4-2-3-5-18(17)24(34)33-32-22/h2-10,12H,11,13H2,1H3,(H,33,34)(H,30,31,35). The van der Waals surface area contributed by atoms with Gasteiger partial charge in [0.15, 0.2) is 0 Å². The van der Waals surface area contributed by atoms with Crippen molar-refractivity contribution < 1.29 is 22.7 Å². The number of aromatic nitrogens is 2. The van der Waals surface area contributed by atoms with Crippen LogP contribution in [-0.4, -0.2) is 29.2 Å². The number of alkyl halides is 3. The summed E-state index contributed by atoms with van der Waals surface area (Å²) in [6, 6.07) is 15.8. The van der Waals surface area contributed by atoms with Crippen molar-refractivity contribution in [3.63, 3.8) is 0 Å². The van der Waals surface area contributed by atoms with Crippen molar-refractivity contribution in [2.45, 2.75) is 19.0 Å². The summed E-state index contributed by atoms with van der Waals surface area (Å²) in [5, 5.41) is 10.2. The average molecular weight is 492 g/mol. The first-order valence-electron chi connectivity index (χ1n) is 10.9. The number of amidine groups is 1. The normalized spacial score (nSPS) is 12.8. The maximum atomic E-state index is 13.9. The zero-order chi connectivity index (χ0) is 25.4. The number of methoxy groups -OCH3 is 1. The highest BCUT2D eigenvalue weighted by atomic mass is 19.4. The van der Waals surface area contributed by atoms with E-state index in [1.165, 1.54) is 19.2 Å². The third-order valence-electron chi connectivity index (χ3n) is 5.98. The van der Waals surface area contributed by atoms with Gasteiger partial charge < -0.3 is 4.74 Å². The zero-order valence-corrected chi connectivity index (χ0v) is 18.9. The van der Waals surface area contributed by atoms with Crippen LogP contribution in [0.15, 0.2) is 70.5 Å². The van der Waals surface area contributed by atoms with Crippen LogP contribution < -0.4 is 10.9 Å². The van der Waals surface area contributed by atoms with E-state index in [1.54, 1.807) is 42.5 Å². The number of ether oxygens (including phenoxy) is 1. The Morgan fingerprint density at radius 1 is 1.08 bits per heavy atom. The molecule has 0 aliphatic carbocycles. The van der Waals surface area contributed by atoms with E-state index in [9.17, 15) is 22.8 Å². The predicted octanol–water partition coefficient (Wildman–Crippen LogP) is 5.14. The van der Waals surface area contributed by atoms with Crippen molar-refractivity contribution in [3.05, 3.63) is 93.4 Å². The maximum absolute atomic E-state index is 13.9. The number of amides is 1. The lowest BCUT2D eigenvalue weighted by Crippen LogP contribution is -2.30. The van der Waals surface area contributed by atoms with Gasteiger partial charge in [-0.25, -0.2) is 14.9 Å². The molecule has 2 N–H and O–H groups in total. The quantitative estimate of drug-likeness (QED) is 0.414. The molecule has 5 rings (SSSR count). The summed E-state index contributed by atoms with van der Waals surface area (Å²) in [4.78, 5) is 27.9. The predicted molar refractivity (Wildman–Crippen MR) is 128 cm³/mol. The van der Waals surface area contributed by atoms with Crippen LogP contribution >= 0.6 is 0 Å². The Labute approximate surface area is 202 Å². The second-order valence-electron chi connectivity index (χ2n) is 8.29. The number of fused-ring (bicyclic) bond motifs is 2. The molecule has 0 spiro atoms. The number of alkyl carbamates (subject to hydrolysis) is 1. The van der Waals surface area contributed by atoms with Gasteiger partial charge in [0.25, 0.3) is 5.56 Å². The maximum Gasteiger partial charge on any atom is 0.417 e. The van der Waals surface area contributed by atoms with Gasteiger partial charge in [-0.1, -0.05) is 42.5 Å². The second kappa shape index (κ2) is 8.95. The topological polar surface area (TPSA) is 96.4 Å². The molecule has 0 fully saturated rings. The monoisotopic (exact) mass is 492 g/mol. The van der Waals surface area contributed by atoms with Crippen LogP contribution in [0.2, 0.25) is 0 Å². The van der Waals surface area contributed by atoms with Crippen LogP contribution in [0.25, 0.3) is 21.9 Å². The van der Waals surface area contributed by atoms with Crippen LogP contribution in [0.3, 0.4) is 0 Å². The number of hydrogen-bond donors (Lipinski definition) is 2. The van der Waals surface area contributed by atoms with Crippen molar-refractivity contribution >= 4 is 28.4 Å². The summed E-state index contributed by atoms with van der Waals surface area (Å²) in [6.45, 7) is 0. The van der Waals surface area contributed by atoms with E-state index >= 15 is 0 Å². The van der Waals surface area contributed by atoms with Crippen molar-refractivity contribution in [2.75, 3.05) is 7.11 Å². The molecule has 0 radical (unpaired) electrons. The Morgan fingerprint density at radius 2 is 1.86 bits per heavy atom. The SMILES string of the molecule is COC(=O)NC1=Nc2cc(-c3cc(Cc4n[nH]c(=O)c5ccccc45)ccc3C(F)(F)F)ccc2C1. The lowest BCUT2D eigenvalue weighted by molar-refractivity contribution is -0.137. The van der Waals surface area contributed by atoms with Crippen LogP contribution in [0.1, 0.15) is 22.4 Å². The van der Waals surface area contributed by atoms with Crippen molar-refractivity contribution in [1.82, 2.24) is 15.5 Å². The molecule has 3 aromatic carbocycles. The number of carbonyl (C=O) groups is 1. The van der Waals surface area contributed by atoms with Gasteiger partial charge in [0, 0.05) is 18.2 Å². The van der Waals surface area contributed by atoms with E-state index in [2.05, 4.69) is 25.2 Å². The number of carbonyl (C=O) groups excluding carboxylic acids is 1. The fraction of sp³-hybridized carbons (Fsp3) is 0.154. The van der Waals surface area contributed by atoms with Crippen molar-refractivity contribution in [2.24, 2.45) is 4.99 Å². The molecule has 4 aromatic rings. The third kappa shape index (κ3) is 4.45. The van der Waals surface area contributed by atoms with E-state index in [0.29, 0.717) is 45.5 Å². The highest BCUT2D eigenvalue weighted by molar-refractivity contribution is 6.01. The van der Waals surface area contributed by atoms with Crippen LogP contribution in [0.4, 0.5) is 23.7 Å². The summed E-state index contributed by atoms with van der Waals surface area (Å²) in [6.07, 6.45) is -4.69.